The summed E-state index contributed by atoms with van der Waals surface area (Å²) in [5.74, 6) is 0. The maximum atomic E-state index is 12.3. The number of benzene rings is 1. The first-order valence-electron chi connectivity index (χ1n) is 4.59. The van der Waals surface area contributed by atoms with E-state index in [1.807, 2.05) is 0 Å². The second kappa shape index (κ2) is 4.04. The zero-order valence-electron chi connectivity index (χ0n) is 8.36. The van der Waals surface area contributed by atoms with Gasteiger partial charge in [-0.15, -0.1) is 0 Å². The van der Waals surface area contributed by atoms with Crippen molar-refractivity contribution in [1.29, 1.82) is 0 Å². The van der Waals surface area contributed by atoms with E-state index in [1.165, 1.54) is 18.4 Å². The van der Waals surface area contributed by atoms with Crippen molar-refractivity contribution in [2.75, 3.05) is 0 Å². The van der Waals surface area contributed by atoms with Crippen molar-refractivity contribution in [2.24, 2.45) is 0 Å². The van der Waals surface area contributed by atoms with Crippen LogP contribution in [0.15, 0.2) is 35.1 Å². The van der Waals surface area contributed by atoms with Gasteiger partial charge < -0.3 is 4.52 Å². The summed E-state index contributed by atoms with van der Waals surface area (Å²) in [6, 6.07) is 4.42. The number of halogens is 3. The lowest BCUT2D eigenvalue weighted by atomic mass is 10.0. The molecule has 0 spiro atoms. The molecule has 88 valence electrons. The van der Waals surface area contributed by atoms with Crippen LogP contribution in [0.3, 0.4) is 0 Å². The minimum Gasteiger partial charge on any atom is -0.363 e. The zero-order chi connectivity index (χ0) is 12.5. The van der Waals surface area contributed by atoms with Gasteiger partial charge in [0.15, 0.2) is 12.0 Å². The van der Waals surface area contributed by atoms with Crippen molar-refractivity contribution >= 4 is 6.29 Å². The quantitative estimate of drug-likeness (QED) is 0.758. The van der Waals surface area contributed by atoms with Gasteiger partial charge in [0.05, 0.1) is 11.1 Å². The highest BCUT2D eigenvalue weighted by atomic mass is 19.4. The van der Waals surface area contributed by atoms with Gasteiger partial charge in [-0.05, 0) is 17.7 Å². The molecule has 2 rings (SSSR count). The van der Waals surface area contributed by atoms with Gasteiger partial charge in [-0.3, -0.25) is 4.79 Å². The first kappa shape index (κ1) is 11.4. The van der Waals surface area contributed by atoms with Gasteiger partial charge in [0.2, 0.25) is 0 Å². The molecule has 0 saturated heterocycles. The van der Waals surface area contributed by atoms with Crippen LogP contribution in [-0.2, 0) is 6.18 Å². The molecule has 1 heterocycles. The van der Waals surface area contributed by atoms with Crippen LogP contribution in [0.1, 0.15) is 16.1 Å². The summed E-state index contributed by atoms with van der Waals surface area (Å²) in [4.78, 5) is 10.6. The number of carbonyl (C=O) groups is 1. The number of hydrogen-bond donors (Lipinski definition) is 0. The van der Waals surface area contributed by atoms with Crippen LogP contribution >= 0.6 is 0 Å². The molecule has 0 aliphatic heterocycles. The van der Waals surface area contributed by atoms with E-state index in [9.17, 15) is 18.0 Å². The highest BCUT2D eigenvalue weighted by Gasteiger charge is 2.30. The predicted octanol–water partition coefficient (Wildman–Crippen LogP) is 3.17. The van der Waals surface area contributed by atoms with Crippen LogP contribution in [0, 0.1) is 0 Å². The molecular formula is C11H6F3NO2. The molecule has 0 saturated carbocycles. The molecular weight excluding hydrogens is 235 g/mol. The van der Waals surface area contributed by atoms with E-state index in [1.54, 1.807) is 0 Å². The van der Waals surface area contributed by atoms with Gasteiger partial charge in [-0.1, -0.05) is 17.3 Å². The van der Waals surface area contributed by atoms with Crippen molar-refractivity contribution < 1.29 is 22.5 Å². The molecule has 0 aliphatic rings. The molecule has 1 aromatic heterocycles. The zero-order valence-corrected chi connectivity index (χ0v) is 8.36. The Hall–Kier alpha value is -2.11. The molecule has 2 aromatic rings. The average molecular weight is 241 g/mol. The Bertz CT molecular complexity index is 528. The third-order valence-electron chi connectivity index (χ3n) is 2.23. The Labute approximate surface area is 93.8 Å². The van der Waals surface area contributed by atoms with E-state index in [-0.39, 0.29) is 5.69 Å². The summed E-state index contributed by atoms with van der Waals surface area (Å²) >= 11 is 0. The molecule has 0 amide bonds. The van der Waals surface area contributed by atoms with Crippen molar-refractivity contribution in [1.82, 2.24) is 5.16 Å². The highest BCUT2D eigenvalue weighted by Crippen LogP contribution is 2.31. The van der Waals surface area contributed by atoms with Crippen LogP contribution in [0.25, 0.3) is 11.1 Å². The molecule has 0 bridgehead atoms. The van der Waals surface area contributed by atoms with Gasteiger partial charge in [0.25, 0.3) is 0 Å². The Balaban J connectivity index is 2.39. The number of alkyl halides is 3. The van der Waals surface area contributed by atoms with Crippen LogP contribution in [-0.4, -0.2) is 11.4 Å². The first-order chi connectivity index (χ1) is 8.02. The first-order valence-corrected chi connectivity index (χ1v) is 4.59. The second-order valence-electron chi connectivity index (χ2n) is 3.31. The topological polar surface area (TPSA) is 43.1 Å². The molecule has 3 nitrogen and oxygen atoms in total. The average Bonchev–Trinajstić information content (AvgIpc) is 2.76. The van der Waals surface area contributed by atoms with E-state index < -0.39 is 11.7 Å². The van der Waals surface area contributed by atoms with E-state index >= 15 is 0 Å². The maximum absolute atomic E-state index is 12.3. The minimum absolute atomic E-state index is 0.0600. The van der Waals surface area contributed by atoms with Gasteiger partial charge in [0.1, 0.15) is 6.26 Å². The standard InChI is InChI=1S/C11H6F3NO2/c12-11(13,14)8-3-1-7(2-4-8)9-6-17-15-10(9)5-16/h1-6H. The number of aldehydes is 1. The fraction of sp³-hybridized carbons (Fsp3) is 0.0909. The Kier molecular flexibility index (Phi) is 2.71. The summed E-state index contributed by atoms with van der Waals surface area (Å²) in [7, 11) is 0. The van der Waals surface area contributed by atoms with Crippen molar-refractivity contribution in [2.45, 2.75) is 6.18 Å². The number of rotatable bonds is 2. The Morgan fingerprint density at radius 1 is 1.18 bits per heavy atom. The second-order valence-corrected chi connectivity index (χ2v) is 3.31. The molecule has 0 radical (unpaired) electrons. The lowest BCUT2D eigenvalue weighted by Gasteiger charge is -2.06. The minimum atomic E-state index is -4.37. The molecule has 1 aromatic carbocycles. The SMILES string of the molecule is O=Cc1nocc1-c1ccc(C(F)(F)F)cc1. The summed E-state index contributed by atoms with van der Waals surface area (Å²) in [6.45, 7) is 0. The monoisotopic (exact) mass is 241 g/mol. The summed E-state index contributed by atoms with van der Waals surface area (Å²) in [5.41, 5.74) is 0.130. The highest BCUT2D eigenvalue weighted by molar-refractivity contribution is 5.84. The Morgan fingerprint density at radius 3 is 2.35 bits per heavy atom. The summed E-state index contributed by atoms with van der Waals surface area (Å²) in [6.07, 6.45) is -2.68. The molecule has 0 N–H and O–H groups in total. The molecule has 0 unspecified atom stereocenters. The van der Waals surface area contributed by atoms with Gasteiger partial charge >= 0.3 is 6.18 Å². The van der Waals surface area contributed by atoms with E-state index in [0.717, 1.165) is 12.1 Å². The summed E-state index contributed by atoms with van der Waals surface area (Å²) < 4.78 is 41.5. The van der Waals surface area contributed by atoms with Crippen LogP contribution in [0.5, 0.6) is 0 Å². The molecule has 0 aliphatic carbocycles. The smallest absolute Gasteiger partial charge is 0.363 e. The third kappa shape index (κ3) is 2.20. The van der Waals surface area contributed by atoms with E-state index in [2.05, 4.69) is 9.68 Å². The van der Waals surface area contributed by atoms with Gasteiger partial charge in [0, 0.05) is 0 Å². The predicted molar refractivity (Wildman–Crippen MR) is 52.3 cm³/mol. The van der Waals surface area contributed by atoms with Crippen molar-refractivity contribution in [3.05, 3.63) is 41.8 Å². The van der Waals surface area contributed by atoms with Gasteiger partial charge in [-0.2, -0.15) is 13.2 Å². The lowest BCUT2D eigenvalue weighted by molar-refractivity contribution is -0.137. The van der Waals surface area contributed by atoms with Crippen molar-refractivity contribution in [3.8, 4) is 11.1 Å². The van der Waals surface area contributed by atoms with E-state index in [0.29, 0.717) is 17.4 Å². The maximum Gasteiger partial charge on any atom is 0.416 e. The third-order valence-corrected chi connectivity index (χ3v) is 2.23. The molecule has 17 heavy (non-hydrogen) atoms. The number of hydrogen-bond acceptors (Lipinski definition) is 3. The normalized spacial score (nSPS) is 11.5. The molecule has 0 atom stereocenters. The number of nitrogens with zero attached hydrogens (tertiary/aromatic N) is 1. The number of carbonyl (C=O) groups excluding carboxylic acids is 1. The van der Waals surface area contributed by atoms with Crippen molar-refractivity contribution in [3.63, 3.8) is 0 Å². The fourth-order valence-corrected chi connectivity index (χ4v) is 1.39. The lowest BCUT2D eigenvalue weighted by Crippen LogP contribution is -2.04. The number of aromatic nitrogens is 1. The van der Waals surface area contributed by atoms with Crippen LogP contribution in [0.4, 0.5) is 13.2 Å². The summed E-state index contributed by atoms with van der Waals surface area (Å²) in [5, 5.41) is 3.42. The van der Waals surface area contributed by atoms with Crippen LogP contribution in [0.2, 0.25) is 0 Å². The largest absolute Gasteiger partial charge is 0.416 e. The van der Waals surface area contributed by atoms with E-state index in [4.69, 9.17) is 0 Å². The molecule has 6 heteroatoms. The fourth-order valence-electron chi connectivity index (χ4n) is 1.39. The molecule has 0 fully saturated rings. The van der Waals surface area contributed by atoms with Crippen LogP contribution < -0.4 is 0 Å². The van der Waals surface area contributed by atoms with Gasteiger partial charge in [-0.25, -0.2) is 0 Å². The Morgan fingerprint density at radius 2 is 1.82 bits per heavy atom.